The lowest BCUT2D eigenvalue weighted by molar-refractivity contribution is 0.426. The molecule has 0 bridgehead atoms. The van der Waals surface area contributed by atoms with Crippen molar-refractivity contribution in [2.75, 3.05) is 12.4 Å². The maximum Gasteiger partial charge on any atom is 0.181 e. The Kier molecular flexibility index (Phi) is 1.88. The fraction of sp³-hybridized carbons (Fsp3) is 0.375. The molecular formula is C8H8N4OS. The van der Waals surface area contributed by atoms with Crippen LogP contribution in [-0.4, -0.2) is 38.4 Å². The van der Waals surface area contributed by atoms with E-state index in [1.807, 2.05) is 0 Å². The molecule has 3 heterocycles. The number of ether oxygens (including phenoxy) is 1. The predicted octanol–water partition coefficient (Wildman–Crippen LogP) is 0.844. The summed E-state index contributed by atoms with van der Waals surface area (Å²) in [6.45, 7) is 0.879. The second-order valence-corrected chi connectivity index (χ2v) is 4.06. The van der Waals surface area contributed by atoms with E-state index in [-0.39, 0.29) is 0 Å². The van der Waals surface area contributed by atoms with Crippen molar-refractivity contribution in [2.24, 2.45) is 0 Å². The number of hydrogen-bond donors (Lipinski definition) is 1. The van der Waals surface area contributed by atoms with Crippen molar-refractivity contribution in [3.05, 3.63) is 12.7 Å². The Bertz CT molecular complexity index is 453. The number of imidazole rings is 1. The third-order valence-electron chi connectivity index (χ3n) is 2.00. The lowest BCUT2D eigenvalue weighted by Crippen LogP contribution is -1.92. The maximum absolute atomic E-state index is 5.13. The number of H-pyrrole nitrogens is 1. The van der Waals surface area contributed by atoms with E-state index in [1.54, 1.807) is 24.4 Å². The van der Waals surface area contributed by atoms with Gasteiger partial charge in [-0.05, 0) is 0 Å². The molecule has 72 valence electrons. The van der Waals surface area contributed by atoms with Gasteiger partial charge in [0, 0.05) is 5.75 Å². The summed E-state index contributed by atoms with van der Waals surface area (Å²) < 4.78 is 5.13. The Balaban J connectivity index is 1.89. The molecule has 0 aromatic carbocycles. The van der Waals surface area contributed by atoms with Crippen LogP contribution in [0.3, 0.4) is 0 Å². The molecule has 1 saturated heterocycles. The fourth-order valence-electron chi connectivity index (χ4n) is 1.19. The zero-order chi connectivity index (χ0) is 9.38. The van der Waals surface area contributed by atoms with Crippen molar-refractivity contribution in [3.63, 3.8) is 0 Å². The molecule has 6 heteroatoms. The van der Waals surface area contributed by atoms with Crippen molar-refractivity contribution in [1.29, 1.82) is 0 Å². The molecule has 0 spiro atoms. The van der Waals surface area contributed by atoms with Gasteiger partial charge >= 0.3 is 0 Å². The average Bonchev–Trinajstić information content (AvgIpc) is 2.91. The molecule has 1 aliphatic rings. The van der Waals surface area contributed by atoms with Gasteiger partial charge in [-0.2, -0.15) is 0 Å². The Hall–Kier alpha value is -1.14. The number of nitrogens with zero attached hydrogens (tertiary/aromatic N) is 3. The van der Waals surface area contributed by atoms with Crippen molar-refractivity contribution in [1.82, 2.24) is 19.9 Å². The smallest absolute Gasteiger partial charge is 0.181 e. The Labute approximate surface area is 84.3 Å². The molecule has 1 aliphatic heterocycles. The Morgan fingerprint density at radius 3 is 3.29 bits per heavy atom. The number of nitrogens with one attached hydrogen (secondary N) is 1. The number of hydrogen-bond acceptors (Lipinski definition) is 5. The highest BCUT2D eigenvalue weighted by atomic mass is 32.2. The maximum atomic E-state index is 5.13. The summed E-state index contributed by atoms with van der Waals surface area (Å²) in [5, 5.41) is 0.947. The minimum Gasteiger partial charge on any atom is -0.372 e. The van der Waals surface area contributed by atoms with Gasteiger partial charge in [0.05, 0.1) is 19.0 Å². The molecule has 5 nitrogen and oxygen atoms in total. The molecule has 0 aliphatic carbocycles. The van der Waals surface area contributed by atoms with Gasteiger partial charge in [-0.3, -0.25) is 0 Å². The largest absolute Gasteiger partial charge is 0.372 e. The molecule has 1 fully saturated rings. The SMILES string of the molecule is c1nc(SCC2CO2)c2[nH]cnc2n1. The average molecular weight is 208 g/mol. The fourth-order valence-corrected chi connectivity index (χ4v) is 2.14. The van der Waals surface area contributed by atoms with Gasteiger partial charge < -0.3 is 9.72 Å². The summed E-state index contributed by atoms with van der Waals surface area (Å²) in [6, 6.07) is 0. The molecule has 1 unspecified atom stereocenters. The van der Waals surface area contributed by atoms with Crippen LogP contribution < -0.4 is 0 Å². The van der Waals surface area contributed by atoms with Gasteiger partial charge in [-0.1, -0.05) is 0 Å². The van der Waals surface area contributed by atoms with E-state index in [4.69, 9.17) is 4.74 Å². The summed E-state index contributed by atoms with van der Waals surface area (Å²) in [5.74, 6) is 0.950. The second kappa shape index (κ2) is 3.21. The van der Waals surface area contributed by atoms with E-state index in [1.165, 1.54) is 0 Å². The van der Waals surface area contributed by atoms with Crippen molar-refractivity contribution in [3.8, 4) is 0 Å². The molecule has 1 atom stereocenters. The summed E-state index contributed by atoms with van der Waals surface area (Å²) in [5.41, 5.74) is 1.64. The van der Waals surface area contributed by atoms with Crippen molar-refractivity contribution in [2.45, 2.75) is 11.1 Å². The van der Waals surface area contributed by atoms with E-state index in [9.17, 15) is 0 Å². The lowest BCUT2D eigenvalue weighted by atomic mass is 10.6. The van der Waals surface area contributed by atoms with Gasteiger partial charge in [0.1, 0.15) is 16.9 Å². The molecule has 3 rings (SSSR count). The number of thioether (sulfide) groups is 1. The van der Waals surface area contributed by atoms with Gasteiger partial charge in [0.2, 0.25) is 0 Å². The number of aromatic nitrogens is 4. The van der Waals surface area contributed by atoms with Crippen molar-refractivity contribution >= 4 is 22.9 Å². The van der Waals surface area contributed by atoms with Gasteiger partial charge in [-0.25, -0.2) is 15.0 Å². The third kappa shape index (κ3) is 1.46. The number of rotatable bonds is 3. The van der Waals surface area contributed by atoms with E-state index >= 15 is 0 Å². The van der Waals surface area contributed by atoms with Crippen LogP contribution in [0.2, 0.25) is 0 Å². The zero-order valence-electron chi connectivity index (χ0n) is 7.30. The van der Waals surface area contributed by atoms with Crippen LogP contribution in [-0.2, 0) is 4.74 Å². The molecular weight excluding hydrogens is 200 g/mol. The first-order chi connectivity index (χ1) is 6.93. The van der Waals surface area contributed by atoms with Crippen LogP contribution in [0.15, 0.2) is 17.7 Å². The molecule has 0 saturated carbocycles. The molecule has 2 aromatic heterocycles. The number of fused-ring (bicyclic) bond motifs is 1. The zero-order valence-corrected chi connectivity index (χ0v) is 8.12. The van der Waals surface area contributed by atoms with Crippen LogP contribution in [0.4, 0.5) is 0 Å². The van der Waals surface area contributed by atoms with Crippen LogP contribution in [0.5, 0.6) is 0 Å². The van der Waals surface area contributed by atoms with E-state index in [0.29, 0.717) is 6.10 Å². The summed E-state index contributed by atoms with van der Waals surface area (Å²) in [6.07, 6.45) is 3.59. The van der Waals surface area contributed by atoms with Gasteiger partial charge in [-0.15, -0.1) is 11.8 Å². The van der Waals surface area contributed by atoms with Crippen LogP contribution in [0.1, 0.15) is 0 Å². The first-order valence-corrected chi connectivity index (χ1v) is 5.30. The van der Waals surface area contributed by atoms with E-state index in [0.717, 1.165) is 28.5 Å². The Morgan fingerprint density at radius 2 is 2.43 bits per heavy atom. The van der Waals surface area contributed by atoms with Crippen LogP contribution in [0.25, 0.3) is 11.2 Å². The highest BCUT2D eigenvalue weighted by Crippen LogP contribution is 2.25. The monoisotopic (exact) mass is 208 g/mol. The molecule has 2 aromatic rings. The first-order valence-electron chi connectivity index (χ1n) is 4.32. The molecule has 0 radical (unpaired) electrons. The third-order valence-corrected chi connectivity index (χ3v) is 3.12. The standard InChI is InChI=1S/C8H8N4OS/c1-5(13-1)2-14-8-6-7(10-3-9-6)11-4-12-8/h3-5H,1-2H2,(H,9,10,11,12). The second-order valence-electron chi connectivity index (χ2n) is 3.05. The van der Waals surface area contributed by atoms with Crippen molar-refractivity contribution < 1.29 is 4.74 Å². The minimum atomic E-state index is 0.410. The summed E-state index contributed by atoms with van der Waals surface area (Å²) in [7, 11) is 0. The predicted molar refractivity (Wildman–Crippen MR) is 52.1 cm³/mol. The number of aromatic amines is 1. The minimum absolute atomic E-state index is 0.410. The Morgan fingerprint density at radius 1 is 1.50 bits per heavy atom. The number of epoxide rings is 1. The normalized spacial score (nSPS) is 20.1. The van der Waals surface area contributed by atoms with E-state index in [2.05, 4.69) is 19.9 Å². The summed E-state index contributed by atoms with van der Waals surface area (Å²) in [4.78, 5) is 15.4. The highest BCUT2D eigenvalue weighted by molar-refractivity contribution is 7.99. The van der Waals surface area contributed by atoms with Crippen LogP contribution >= 0.6 is 11.8 Å². The van der Waals surface area contributed by atoms with Crippen LogP contribution in [0, 0.1) is 0 Å². The van der Waals surface area contributed by atoms with E-state index < -0.39 is 0 Å². The topological polar surface area (TPSA) is 67.0 Å². The molecule has 1 N–H and O–H groups in total. The quantitative estimate of drug-likeness (QED) is 0.460. The highest BCUT2D eigenvalue weighted by Gasteiger charge is 2.23. The lowest BCUT2D eigenvalue weighted by Gasteiger charge is -1.97. The van der Waals surface area contributed by atoms with Gasteiger partial charge in [0.15, 0.2) is 5.65 Å². The van der Waals surface area contributed by atoms with Gasteiger partial charge in [0.25, 0.3) is 0 Å². The summed E-state index contributed by atoms with van der Waals surface area (Å²) >= 11 is 1.68. The molecule has 14 heavy (non-hydrogen) atoms. The first kappa shape index (κ1) is 8.19. The molecule has 0 amide bonds.